The Labute approximate surface area is 149 Å². The minimum atomic E-state index is 0.467. The highest BCUT2D eigenvalue weighted by Crippen LogP contribution is 2.13. The van der Waals surface area contributed by atoms with Gasteiger partial charge in [-0.1, -0.05) is 36.8 Å². The molecule has 5 heteroatoms. The SMILES string of the molecule is CCCN(C)c1ccc(/C=N/NC(=S)Nc2ccc(C)cc2)cc1. The fourth-order valence-corrected chi connectivity index (χ4v) is 2.41. The molecule has 2 N–H and O–H groups in total. The lowest BCUT2D eigenvalue weighted by atomic mass is 10.2. The molecule has 2 rings (SSSR count). The number of aryl methyl sites for hydroxylation is 1. The van der Waals surface area contributed by atoms with Crippen LogP contribution in [0.5, 0.6) is 0 Å². The van der Waals surface area contributed by atoms with Crippen LogP contribution in [0, 0.1) is 6.92 Å². The number of nitrogens with one attached hydrogen (secondary N) is 2. The number of hydrazone groups is 1. The van der Waals surface area contributed by atoms with Gasteiger partial charge in [0, 0.05) is 25.0 Å². The second-order valence-corrected chi connectivity index (χ2v) is 6.11. The molecular formula is C19H24N4S. The average Bonchev–Trinajstić information content (AvgIpc) is 2.58. The summed E-state index contributed by atoms with van der Waals surface area (Å²) in [6, 6.07) is 16.3. The summed E-state index contributed by atoms with van der Waals surface area (Å²) in [5.41, 5.74) is 7.22. The summed E-state index contributed by atoms with van der Waals surface area (Å²) >= 11 is 5.23. The second kappa shape index (κ2) is 9.03. The Balaban J connectivity index is 1.84. The number of benzene rings is 2. The molecular weight excluding hydrogens is 316 g/mol. The first-order valence-electron chi connectivity index (χ1n) is 8.06. The Hall–Kier alpha value is -2.40. The van der Waals surface area contributed by atoms with Crippen LogP contribution in [0.4, 0.5) is 11.4 Å². The topological polar surface area (TPSA) is 39.7 Å². The largest absolute Gasteiger partial charge is 0.375 e. The number of hydrogen-bond acceptors (Lipinski definition) is 3. The molecule has 4 nitrogen and oxygen atoms in total. The zero-order valence-corrected chi connectivity index (χ0v) is 15.2. The van der Waals surface area contributed by atoms with E-state index in [0.717, 1.165) is 24.2 Å². The van der Waals surface area contributed by atoms with Crippen LogP contribution in [0.1, 0.15) is 24.5 Å². The molecule has 0 saturated heterocycles. The van der Waals surface area contributed by atoms with Crippen molar-refractivity contribution in [2.24, 2.45) is 5.10 Å². The molecule has 0 aromatic heterocycles. The van der Waals surface area contributed by atoms with Crippen molar-refractivity contribution in [1.29, 1.82) is 0 Å². The molecule has 0 unspecified atom stereocenters. The van der Waals surface area contributed by atoms with Crippen molar-refractivity contribution in [3.8, 4) is 0 Å². The van der Waals surface area contributed by atoms with Gasteiger partial charge >= 0.3 is 0 Å². The third kappa shape index (κ3) is 5.66. The van der Waals surface area contributed by atoms with Crippen molar-refractivity contribution >= 4 is 34.9 Å². The molecule has 24 heavy (non-hydrogen) atoms. The standard InChI is InChI=1S/C19H24N4S/c1-4-13-23(3)18-11-7-16(8-12-18)14-20-22-19(24)21-17-9-5-15(2)6-10-17/h5-12,14H,4,13H2,1-3H3,(H2,21,22,24)/b20-14+. The third-order valence-corrected chi connectivity index (χ3v) is 3.78. The maximum absolute atomic E-state index is 5.23. The summed E-state index contributed by atoms with van der Waals surface area (Å²) in [4.78, 5) is 2.24. The highest BCUT2D eigenvalue weighted by atomic mass is 32.1. The monoisotopic (exact) mass is 340 g/mol. The lowest BCUT2D eigenvalue weighted by molar-refractivity contribution is 0.852. The average molecular weight is 340 g/mol. The second-order valence-electron chi connectivity index (χ2n) is 5.70. The van der Waals surface area contributed by atoms with E-state index in [4.69, 9.17) is 12.2 Å². The molecule has 2 aromatic carbocycles. The van der Waals surface area contributed by atoms with Crippen molar-refractivity contribution in [1.82, 2.24) is 5.43 Å². The van der Waals surface area contributed by atoms with Gasteiger partial charge in [-0.05, 0) is 55.4 Å². The Morgan fingerprint density at radius 1 is 1.12 bits per heavy atom. The number of hydrogen-bond donors (Lipinski definition) is 2. The van der Waals surface area contributed by atoms with Crippen LogP contribution in [0.3, 0.4) is 0 Å². The Morgan fingerprint density at radius 3 is 2.42 bits per heavy atom. The van der Waals surface area contributed by atoms with Crippen LogP contribution < -0.4 is 15.6 Å². The van der Waals surface area contributed by atoms with E-state index in [0.29, 0.717) is 5.11 Å². The lowest BCUT2D eigenvalue weighted by Gasteiger charge is -2.18. The fraction of sp³-hybridized carbons (Fsp3) is 0.263. The van der Waals surface area contributed by atoms with Crippen LogP contribution >= 0.6 is 12.2 Å². The molecule has 126 valence electrons. The van der Waals surface area contributed by atoms with Crippen molar-refractivity contribution in [3.63, 3.8) is 0 Å². The Morgan fingerprint density at radius 2 is 1.79 bits per heavy atom. The maximum atomic E-state index is 5.23. The molecule has 0 bridgehead atoms. The quantitative estimate of drug-likeness (QED) is 0.470. The molecule has 0 aliphatic heterocycles. The normalized spacial score (nSPS) is 10.6. The predicted octanol–water partition coefficient (Wildman–Crippen LogP) is 4.16. The van der Waals surface area contributed by atoms with E-state index in [9.17, 15) is 0 Å². The Bertz CT molecular complexity index is 678. The van der Waals surface area contributed by atoms with Crippen molar-refractivity contribution in [2.45, 2.75) is 20.3 Å². The summed E-state index contributed by atoms with van der Waals surface area (Å²) in [7, 11) is 2.10. The van der Waals surface area contributed by atoms with E-state index < -0.39 is 0 Å². The van der Waals surface area contributed by atoms with E-state index in [2.05, 4.69) is 53.8 Å². The van der Waals surface area contributed by atoms with Gasteiger partial charge in [0.25, 0.3) is 0 Å². The Kier molecular flexibility index (Phi) is 6.75. The molecule has 0 aliphatic carbocycles. The van der Waals surface area contributed by atoms with Crippen LogP contribution in [0.2, 0.25) is 0 Å². The fourth-order valence-electron chi connectivity index (χ4n) is 2.24. The van der Waals surface area contributed by atoms with Gasteiger partial charge < -0.3 is 10.2 Å². The van der Waals surface area contributed by atoms with Crippen molar-refractivity contribution in [2.75, 3.05) is 23.8 Å². The third-order valence-electron chi connectivity index (χ3n) is 3.58. The van der Waals surface area contributed by atoms with Gasteiger partial charge in [-0.15, -0.1) is 0 Å². The first kappa shape index (κ1) is 17.9. The number of rotatable bonds is 6. The van der Waals surface area contributed by atoms with Crippen LogP contribution in [0.25, 0.3) is 0 Å². The number of anilines is 2. The molecule has 2 aromatic rings. The lowest BCUT2D eigenvalue weighted by Crippen LogP contribution is -2.23. The highest BCUT2D eigenvalue weighted by molar-refractivity contribution is 7.80. The van der Waals surface area contributed by atoms with Crippen LogP contribution in [-0.2, 0) is 0 Å². The van der Waals surface area contributed by atoms with Crippen LogP contribution in [-0.4, -0.2) is 24.9 Å². The van der Waals surface area contributed by atoms with E-state index in [1.807, 2.05) is 36.4 Å². The molecule has 0 spiro atoms. The summed E-state index contributed by atoms with van der Waals surface area (Å²) in [5, 5.41) is 7.73. The number of thiocarbonyl (C=S) groups is 1. The molecule has 0 saturated carbocycles. The zero-order chi connectivity index (χ0) is 17.4. The van der Waals surface area contributed by atoms with Gasteiger partial charge in [0.1, 0.15) is 0 Å². The number of nitrogens with zero attached hydrogens (tertiary/aromatic N) is 2. The van der Waals surface area contributed by atoms with Crippen molar-refractivity contribution in [3.05, 3.63) is 59.7 Å². The summed E-state index contributed by atoms with van der Waals surface area (Å²) in [5.74, 6) is 0. The summed E-state index contributed by atoms with van der Waals surface area (Å²) in [6.45, 7) is 5.28. The van der Waals surface area contributed by atoms with Gasteiger partial charge in [0.05, 0.1) is 6.21 Å². The van der Waals surface area contributed by atoms with Crippen molar-refractivity contribution < 1.29 is 0 Å². The smallest absolute Gasteiger partial charge is 0.191 e. The molecule has 0 heterocycles. The van der Waals surface area contributed by atoms with E-state index >= 15 is 0 Å². The minimum Gasteiger partial charge on any atom is -0.375 e. The first-order chi connectivity index (χ1) is 11.6. The molecule has 0 radical (unpaired) electrons. The highest BCUT2D eigenvalue weighted by Gasteiger charge is 1.99. The first-order valence-corrected chi connectivity index (χ1v) is 8.47. The minimum absolute atomic E-state index is 0.467. The molecule has 0 aliphatic rings. The predicted molar refractivity (Wildman–Crippen MR) is 108 cm³/mol. The zero-order valence-electron chi connectivity index (χ0n) is 14.4. The van der Waals surface area contributed by atoms with Gasteiger partial charge in [-0.25, -0.2) is 0 Å². The van der Waals surface area contributed by atoms with E-state index in [1.165, 1.54) is 11.3 Å². The van der Waals surface area contributed by atoms with E-state index in [-0.39, 0.29) is 0 Å². The van der Waals surface area contributed by atoms with Crippen LogP contribution in [0.15, 0.2) is 53.6 Å². The van der Waals surface area contributed by atoms with Gasteiger partial charge in [-0.3, -0.25) is 5.43 Å². The van der Waals surface area contributed by atoms with Gasteiger partial charge in [0.15, 0.2) is 5.11 Å². The molecule has 0 fully saturated rings. The van der Waals surface area contributed by atoms with E-state index in [1.54, 1.807) is 6.21 Å². The van der Waals surface area contributed by atoms with Gasteiger partial charge in [-0.2, -0.15) is 5.10 Å². The maximum Gasteiger partial charge on any atom is 0.191 e. The molecule has 0 atom stereocenters. The summed E-state index contributed by atoms with van der Waals surface area (Å²) in [6.07, 6.45) is 2.89. The molecule has 0 amide bonds. The van der Waals surface area contributed by atoms with Gasteiger partial charge in [0.2, 0.25) is 0 Å². The summed E-state index contributed by atoms with van der Waals surface area (Å²) < 4.78 is 0.